The van der Waals surface area contributed by atoms with Gasteiger partial charge in [-0.05, 0) is 19.4 Å². The zero-order chi connectivity index (χ0) is 18.7. The van der Waals surface area contributed by atoms with Crippen molar-refractivity contribution in [3.05, 3.63) is 29.8 Å². The number of ether oxygens (including phenoxy) is 1. The van der Waals surface area contributed by atoms with Crippen LogP contribution in [0, 0.1) is 0 Å². The number of nitrogens with zero attached hydrogens (tertiary/aromatic N) is 6. The third-order valence-corrected chi connectivity index (χ3v) is 4.76. The van der Waals surface area contributed by atoms with Gasteiger partial charge < -0.3 is 9.64 Å². The Morgan fingerprint density at radius 1 is 1.38 bits per heavy atom. The maximum atomic E-state index is 13.2. The third kappa shape index (κ3) is 4.09. The summed E-state index contributed by atoms with van der Waals surface area (Å²) >= 11 is 0. The number of halogens is 2. The Labute approximate surface area is 151 Å². The van der Waals surface area contributed by atoms with E-state index < -0.39 is 6.43 Å². The van der Waals surface area contributed by atoms with Gasteiger partial charge in [0, 0.05) is 51.1 Å². The highest BCUT2D eigenvalue weighted by Gasteiger charge is 2.26. The van der Waals surface area contributed by atoms with Crippen molar-refractivity contribution in [1.29, 1.82) is 0 Å². The predicted octanol–water partition coefficient (Wildman–Crippen LogP) is 2.26. The zero-order valence-corrected chi connectivity index (χ0v) is 15.3. The van der Waals surface area contributed by atoms with E-state index in [0.29, 0.717) is 18.0 Å². The maximum Gasteiger partial charge on any atom is 0.282 e. The summed E-state index contributed by atoms with van der Waals surface area (Å²) < 4.78 is 32.9. The quantitative estimate of drug-likeness (QED) is 0.782. The summed E-state index contributed by atoms with van der Waals surface area (Å²) in [6, 6.07) is 2.05. The molecule has 2 aromatic heterocycles. The summed E-state index contributed by atoms with van der Waals surface area (Å²) in [6.07, 6.45) is 2.64. The minimum Gasteiger partial charge on any atom is -0.481 e. The van der Waals surface area contributed by atoms with Gasteiger partial charge in [-0.25, -0.2) is 18.7 Å². The highest BCUT2D eigenvalue weighted by atomic mass is 19.3. The second kappa shape index (κ2) is 7.94. The first-order valence-corrected chi connectivity index (χ1v) is 8.59. The van der Waals surface area contributed by atoms with Crippen LogP contribution in [0.5, 0.6) is 5.88 Å². The fourth-order valence-electron chi connectivity index (χ4n) is 3.41. The standard InChI is InChI=1S/C17H24F2N6O/c1-23-8-12(16(22-23)17(18)19)9-25-6-4-5-13(10-25)24(2)14-7-15(26-3)21-11-20-14/h7-8,11,13,17H,4-6,9-10H2,1-3H3. The van der Waals surface area contributed by atoms with Gasteiger partial charge in [0.15, 0.2) is 0 Å². The van der Waals surface area contributed by atoms with Gasteiger partial charge in [-0.1, -0.05) is 0 Å². The van der Waals surface area contributed by atoms with Crippen molar-refractivity contribution in [1.82, 2.24) is 24.6 Å². The molecular weight excluding hydrogens is 342 g/mol. The van der Waals surface area contributed by atoms with Gasteiger partial charge in [0.05, 0.1) is 7.11 Å². The van der Waals surface area contributed by atoms with Crippen molar-refractivity contribution in [3.8, 4) is 5.88 Å². The van der Waals surface area contributed by atoms with Crippen LogP contribution >= 0.6 is 0 Å². The van der Waals surface area contributed by atoms with Crippen LogP contribution in [-0.4, -0.2) is 57.9 Å². The molecule has 0 amide bonds. The van der Waals surface area contributed by atoms with E-state index in [0.717, 1.165) is 31.7 Å². The van der Waals surface area contributed by atoms with E-state index >= 15 is 0 Å². The van der Waals surface area contributed by atoms with Crippen molar-refractivity contribution < 1.29 is 13.5 Å². The van der Waals surface area contributed by atoms with E-state index in [4.69, 9.17) is 4.74 Å². The van der Waals surface area contributed by atoms with E-state index in [1.807, 2.05) is 7.05 Å². The van der Waals surface area contributed by atoms with Crippen molar-refractivity contribution >= 4 is 5.82 Å². The molecule has 0 radical (unpaired) electrons. The number of piperidine rings is 1. The van der Waals surface area contributed by atoms with Crippen LogP contribution in [0.25, 0.3) is 0 Å². The summed E-state index contributed by atoms with van der Waals surface area (Å²) in [6.45, 7) is 2.14. The summed E-state index contributed by atoms with van der Waals surface area (Å²) in [5.41, 5.74) is 0.470. The number of hydrogen-bond acceptors (Lipinski definition) is 6. The average Bonchev–Trinajstić information content (AvgIpc) is 3.02. The van der Waals surface area contributed by atoms with Gasteiger partial charge in [0.2, 0.25) is 5.88 Å². The van der Waals surface area contributed by atoms with Crippen LogP contribution in [0.4, 0.5) is 14.6 Å². The lowest BCUT2D eigenvalue weighted by Crippen LogP contribution is -2.46. The molecule has 9 heteroatoms. The molecule has 1 unspecified atom stereocenters. The molecule has 2 aromatic rings. The van der Waals surface area contributed by atoms with E-state index in [-0.39, 0.29) is 11.7 Å². The minimum absolute atomic E-state index is 0.122. The lowest BCUT2D eigenvalue weighted by Gasteiger charge is -2.38. The van der Waals surface area contributed by atoms with Gasteiger partial charge >= 0.3 is 0 Å². The number of aryl methyl sites for hydroxylation is 1. The second-order valence-corrected chi connectivity index (χ2v) is 6.57. The maximum absolute atomic E-state index is 13.2. The van der Waals surface area contributed by atoms with Gasteiger partial charge in [-0.15, -0.1) is 0 Å². The fourth-order valence-corrected chi connectivity index (χ4v) is 3.41. The van der Waals surface area contributed by atoms with Crippen molar-refractivity contribution in [2.45, 2.75) is 31.9 Å². The SMILES string of the molecule is COc1cc(N(C)C2CCCN(Cc3cn(C)nc3C(F)F)C2)ncn1. The molecule has 1 aliphatic heterocycles. The predicted molar refractivity (Wildman–Crippen MR) is 93.5 cm³/mol. The number of likely N-dealkylation sites (tertiary alicyclic amines) is 1. The highest BCUT2D eigenvalue weighted by molar-refractivity contribution is 5.41. The topological polar surface area (TPSA) is 59.3 Å². The molecule has 3 rings (SSSR count). The van der Waals surface area contributed by atoms with Crippen molar-refractivity contribution in [2.24, 2.45) is 7.05 Å². The number of aromatic nitrogens is 4. The average molecular weight is 366 g/mol. The highest BCUT2D eigenvalue weighted by Crippen LogP contribution is 2.25. The summed E-state index contributed by atoms with van der Waals surface area (Å²) in [5, 5.41) is 3.90. The molecule has 0 aromatic carbocycles. The normalized spacial score (nSPS) is 18.3. The molecule has 3 heterocycles. The number of alkyl halides is 2. The van der Waals surface area contributed by atoms with Crippen LogP contribution in [0.2, 0.25) is 0 Å². The van der Waals surface area contributed by atoms with Crippen LogP contribution in [0.3, 0.4) is 0 Å². The van der Waals surface area contributed by atoms with Gasteiger partial charge in [-0.3, -0.25) is 9.58 Å². The molecule has 0 N–H and O–H groups in total. The lowest BCUT2D eigenvalue weighted by molar-refractivity contribution is 0.140. The fraction of sp³-hybridized carbons (Fsp3) is 0.588. The summed E-state index contributed by atoms with van der Waals surface area (Å²) in [5.74, 6) is 1.31. The number of rotatable bonds is 6. The molecule has 1 fully saturated rings. The minimum atomic E-state index is -2.55. The molecule has 1 saturated heterocycles. The Balaban J connectivity index is 1.69. The van der Waals surface area contributed by atoms with E-state index in [1.165, 1.54) is 11.0 Å². The van der Waals surface area contributed by atoms with Crippen molar-refractivity contribution in [3.63, 3.8) is 0 Å². The number of methoxy groups -OCH3 is 1. The largest absolute Gasteiger partial charge is 0.481 e. The smallest absolute Gasteiger partial charge is 0.282 e. The first-order valence-electron chi connectivity index (χ1n) is 8.59. The molecule has 26 heavy (non-hydrogen) atoms. The van der Waals surface area contributed by atoms with E-state index in [1.54, 1.807) is 26.4 Å². The summed E-state index contributed by atoms with van der Waals surface area (Å²) in [4.78, 5) is 12.7. The lowest BCUT2D eigenvalue weighted by atomic mass is 10.0. The molecule has 0 spiro atoms. The monoisotopic (exact) mass is 366 g/mol. The first-order chi connectivity index (χ1) is 12.5. The molecular formula is C17H24F2N6O. The third-order valence-electron chi connectivity index (χ3n) is 4.76. The Kier molecular flexibility index (Phi) is 5.65. The first kappa shape index (κ1) is 18.5. The molecule has 0 bridgehead atoms. The molecule has 142 valence electrons. The van der Waals surface area contributed by atoms with E-state index in [2.05, 4.69) is 24.9 Å². The molecule has 0 aliphatic carbocycles. The van der Waals surface area contributed by atoms with Gasteiger partial charge in [-0.2, -0.15) is 5.10 Å². The Morgan fingerprint density at radius 3 is 2.92 bits per heavy atom. The van der Waals surface area contributed by atoms with Crippen LogP contribution in [0.15, 0.2) is 18.6 Å². The molecule has 7 nitrogen and oxygen atoms in total. The Bertz CT molecular complexity index is 738. The zero-order valence-electron chi connectivity index (χ0n) is 15.3. The molecule has 1 aliphatic rings. The second-order valence-electron chi connectivity index (χ2n) is 6.57. The number of likely N-dealkylation sites (N-methyl/N-ethyl adjacent to an activating group) is 1. The van der Waals surface area contributed by atoms with Gasteiger partial charge in [0.25, 0.3) is 6.43 Å². The summed E-state index contributed by atoms with van der Waals surface area (Å²) in [7, 11) is 5.23. The van der Waals surface area contributed by atoms with Crippen LogP contribution in [0.1, 0.15) is 30.5 Å². The Morgan fingerprint density at radius 2 is 2.19 bits per heavy atom. The molecule has 0 saturated carbocycles. The Hall–Kier alpha value is -2.29. The van der Waals surface area contributed by atoms with Crippen LogP contribution in [-0.2, 0) is 13.6 Å². The molecule has 1 atom stereocenters. The van der Waals surface area contributed by atoms with Gasteiger partial charge in [0.1, 0.15) is 17.8 Å². The van der Waals surface area contributed by atoms with Crippen molar-refractivity contribution in [2.75, 3.05) is 32.1 Å². The number of anilines is 1. The van der Waals surface area contributed by atoms with E-state index in [9.17, 15) is 8.78 Å². The van der Waals surface area contributed by atoms with Crippen LogP contribution < -0.4 is 9.64 Å². The number of hydrogen-bond donors (Lipinski definition) is 0.